The molecular weight excluding hydrogens is 326 g/mol. The third-order valence-electron chi connectivity index (χ3n) is 4.66. The smallest absolute Gasteiger partial charge is 0.222 e. The number of aliphatic hydroxyl groups is 1. The van der Waals surface area contributed by atoms with E-state index in [1.54, 1.807) is 0 Å². The Balaban J connectivity index is 1.47. The molecule has 6 heteroatoms. The first-order valence-corrected chi connectivity index (χ1v) is 8.90. The third kappa shape index (κ3) is 4.09. The minimum absolute atomic E-state index is 0.185. The molecule has 0 saturated carbocycles. The Morgan fingerprint density at radius 1 is 1.12 bits per heavy atom. The SMILES string of the molecule is O=C(CCCn1ccc2cc(Cl)ccc21)N1CCN(CCO)CC1. The zero-order valence-electron chi connectivity index (χ0n) is 13.8. The molecule has 1 aromatic carbocycles. The van der Waals surface area contributed by atoms with Crippen molar-refractivity contribution in [3.8, 4) is 0 Å². The van der Waals surface area contributed by atoms with Crippen molar-refractivity contribution >= 4 is 28.4 Å². The number of hydrogen-bond acceptors (Lipinski definition) is 3. The van der Waals surface area contributed by atoms with E-state index in [9.17, 15) is 4.79 Å². The minimum Gasteiger partial charge on any atom is -0.395 e. The van der Waals surface area contributed by atoms with Gasteiger partial charge in [-0.1, -0.05) is 11.6 Å². The van der Waals surface area contributed by atoms with E-state index in [1.807, 2.05) is 23.1 Å². The average Bonchev–Trinajstić information content (AvgIpc) is 2.98. The summed E-state index contributed by atoms with van der Waals surface area (Å²) >= 11 is 6.01. The third-order valence-corrected chi connectivity index (χ3v) is 4.90. The van der Waals surface area contributed by atoms with Crippen LogP contribution in [0.25, 0.3) is 10.9 Å². The van der Waals surface area contributed by atoms with Crippen molar-refractivity contribution < 1.29 is 9.90 Å². The molecule has 1 fully saturated rings. The van der Waals surface area contributed by atoms with Crippen LogP contribution in [-0.4, -0.2) is 64.7 Å². The fraction of sp³-hybridized carbons (Fsp3) is 0.500. The van der Waals surface area contributed by atoms with Gasteiger partial charge in [-0.05, 0) is 30.7 Å². The molecule has 0 bridgehead atoms. The first-order valence-electron chi connectivity index (χ1n) is 8.53. The molecular formula is C18H24ClN3O2. The molecule has 1 aliphatic rings. The Morgan fingerprint density at radius 2 is 1.92 bits per heavy atom. The molecule has 3 rings (SSSR count). The van der Waals surface area contributed by atoms with Gasteiger partial charge in [-0.3, -0.25) is 9.69 Å². The zero-order chi connectivity index (χ0) is 16.9. The standard InChI is InChI=1S/C18H24ClN3O2/c19-16-3-4-17-15(14-16)5-7-21(17)6-1-2-18(24)22-10-8-20(9-11-22)12-13-23/h3-5,7,14,23H,1-2,6,8-13H2. The normalized spacial score (nSPS) is 16.0. The number of piperazine rings is 1. The number of halogens is 1. The number of carbonyl (C=O) groups excluding carboxylic acids is 1. The van der Waals surface area contributed by atoms with E-state index in [1.165, 1.54) is 0 Å². The number of nitrogens with zero attached hydrogens (tertiary/aromatic N) is 3. The fourth-order valence-electron chi connectivity index (χ4n) is 3.29. The highest BCUT2D eigenvalue weighted by molar-refractivity contribution is 6.31. The molecule has 1 saturated heterocycles. The largest absolute Gasteiger partial charge is 0.395 e. The van der Waals surface area contributed by atoms with Gasteiger partial charge in [0.1, 0.15) is 0 Å². The Labute approximate surface area is 147 Å². The van der Waals surface area contributed by atoms with Gasteiger partial charge in [0.15, 0.2) is 0 Å². The van der Waals surface area contributed by atoms with Crippen molar-refractivity contribution in [1.29, 1.82) is 0 Å². The van der Waals surface area contributed by atoms with Crippen LogP contribution in [0.5, 0.6) is 0 Å². The highest BCUT2D eigenvalue weighted by atomic mass is 35.5. The molecule has 0 spiro atoms. The number of β-amino-alcohol motifs (C(OH)–C–C–N with tert-alkyl or cyclic N) is 1. The van der Waals surface area contributed by atoms with Gasteiger partial charge in [-0.2, -0.15) is 0 Å². The monoisotopic (exact) mass is 349 g/mol. The first kappa shape index (κ1) is 17.3. The molecule has 5 nitrogen and oxygen atoms in total. The predicted molar refractivity (Wildman–Crippen MR) is 96.3 cm³/mol. The summed E-state index contributed by atoms with van der Waals surface area (Å²) in [5.41, 5.74) is 1.16. The van der Waals surface area contributed by atoms with Crippen molar-refractivity contribution in [2.45, 2.75) is 19.4 Å². The average molecular weight is 350 g/mol. The molecule has 0 unspecified atom stereocenters. The van der Waals surface area contributed by atoms with Crippen LogP contribution in [-0.2, 0) is 11.3 Å². The van der Waals surface area contributed by atoms with Crippen molar-refractivity contribution in [3.05, 3.63) is 35.5 Å². The van der Waals surface area contributed by atoms with E-state index in [-0.39, 0.29) is 12.5 Å². The lowest BCUT2D eigenvalue weighted by Gasteiger charge is -2.34. The number of carbonyl (C=O) groups is 1. The second kappa shape index (κ2) is 8.01. The Kier molecular flexibility index (Phi) is 5.76. The molecule has 24 heavy (non-hydrogen) atoms. The van der Waals surface area contributed by atoms with Crippen LogP contribution in [0.4, 0.5) is 0 Å². The number of aryl methyl sites for hydroxylation is 1. The minimum atomic E-state index is 0.185. The number of fused-ring (bicyclic) bond motifs is 1. The quantitative estimate of drug-likeness (QED) is 0.870. The summed E-state index contributed by atoms with van der Waals surface area (Å²) in [5.74, 6) is 0.234. The lowest BCUT2D eigenvalue weighted by molar-refractivity contribution is -0.133. The van der Waals surface area contributed by atoms with E-state index < -0.39 is 0 Å². The Morgan fingerprint density at radius 3 is 2.67 bits per heavy atom. The van der Waals surface area contributed by atoms with E-state index in [2.05, 4.69) is 21.7 Å². The number of aromatic nitrogens is 1. The van der Waals surface area contributed by atoms with Crippen LogP contribution >= 0.6 is 11.6 Å². The number of rotatable bonds is 6. The summed E-state index contributed by atoms with van der Waals surface area (Å²) in [6, 6.07) is 7.95. The first-order chi connectivity index (χ1) is 11.7. The molecule has 2 aromatic rings. The molecule has 1 aromatic heterocycles. The van der Waals surface area contributed by atoms with Crippen LogP contribution in [0.3, 0.4) is 0 Å². The molecule has 0 radical (unpaired) electrons. The highest BCUT2D eigenvalue weighted by Crippen LogP contribution is 2.21. The van der Waals surface area contributed by atoms with Crippen LogP contribution in [0.2, 0.25) is 5.02 Å². The van der Waals surface area contributed by atoms with Crippen molar-refractivity contribution in [1.82, 2.24) is 14.4 Å². The van der Waals surface area contributed by atoms with Crippen molar-refractivity contribution in [2.75, 3.05) is 39.3 Å². The van der Waals surface area contributed by atoms with Crippen LogP contribution in [0.15, 0.2) is 30.5 Å². The fourth-order valence-corrected chi connectivity index (χ4v) is 3.47. The van der Waals surface area contributed by atoms with E-state index in [4.69, 9.17) is 16.7 Å². The van der Waals surface area contributed by atoms with Crippen LogP contribution in [0.1, 0.15) is 12.8 Å². The summed E-state index contributed by atoms with van der Waals surface area (Å²) in [6.07, 6.45) is 3.47. The van der Waals surface area contributed by atoms with Gasteiger partial charge >= 0.3 is 0 Å². The summed E-state index contributed by atoms with van der Waals surface area (Å²) in [6.45, 7) is 4.97. The van der Waals surface area contributed by atoms with E-state index >= 15 is 0 Å². The second-order valence-corrected chi connectivity index (χ2v) is 6.70. The van der Waals surface area contributed by atoms with Crippen LogP contribution in [0, 0.1) is 0 Å². The molecule has 130 valence electrons. The zero-order valence-corrected chi connectivity index (χ0v) is 14.6. The molecule has 1 amide bonds. The molecule has 1 aliphatic heterocycles. The molecule has 0 atom stereocenters. The van der Waals surface area contributed by atoms with Crippen LogP contribution < -0.4 is 0 Å². The van der Waals surface area contributed by atoms with Gasteiger partial charge < -0.3 is 14.6 Å². The maximum atomic E-state index is 12.3. The summed E-state index contributed by atoms with van der Waals surface area (Å²) in [7, 11) is 0. The van der Waals surface area contributed by atoms with Crippen molar-refractivity contribution in [2.24, 2.45) is 0 Å². The van der Waals surface area contributed by atoms with E-state index in [0.29, 0.717) is 13.0 Å². The number of amides is 1. The number of aliphatic hydroxyl groups excluding tert-OH is 1. The maximum Gasteiger partial charge on any atom is 0.222 e. The van der Waals surface area contributed by atoms with Gasteiger partial charge in [0.25, 0.3) is 0 Å². The van der Waals surface area contributed by atoms with Gasteiger partial charge in [-0.15, -0.1) is 0 Å². The van der Waals surface area contributed by atoms with E-state index in [0.717, 1.165) is 55.1 Å². The Bertz CT molecular complexity index is 693. The highest BCUT2D eigenvalue weighted by Gasteiger charge is 2.20. The second-order valence-electron chi connectivity index (χ2n) is 6.26. The lowest BCUT2D eigenvalue weighted by Crippen LogP contribution is -2.49. The number of benzene rings is 1. The van der Waals surface area contributed by atoms with Gasteiger partial charge in [0, 0.05) is 67.8 Å². The lowest BCUT2D eigenvalue weighted by atomic mass is 10.2. The summed E-state index contributed by atoms with van der Waals surface area (Å²) in [5, 5.41) is 10.8. The summed E-state index contributed by atoms with van der Waals surface area (Å²) < 4.78 is 2.18. The maximum absolute atomic E-state index is 12.3. The topological polar surface area (TPSA) is 48.7 Å². The van der Waals surface area contributed by atoms with Gasteiger partial charge in [-0.25, -0.2) is 0 Å². The van der Waals surface area contributed by atoms with Gasteiger partial charge in [0.05, 0.1) is 6.61 Å². The molecule has 1 N–H and O–H groups in total. The predicted octanol–water partition coefficient (Wildman–Crippen LogP) is 2.21. The van der Waals surface area contributed by atoms with Gasteiger partial charge in [0.2, 0.25) is 5.91 Å². The molecule has 2 heterocycles. The molecule has 0 aliphatic carbocycles. The van der Waals surface area contributed by atoms with Crippen molar-refractivity contribution in [3.63, 3.8) is 0 Å². The number of hydrogen-bond donors (Lipinski definition) is 1. The Hall–Kier alpha value is -1.56. The summed E-state index contributed by atoms with van der Waals surface area (Å²) in [4.78, 5) is 16.5.